The molecule has 1 aromatic heterocycles. The number of benzene rings is 2. The van der Waals surface area contributed by atoms with Crippen molar-refractivity contribution >= 4 is 44.2 Å². The van der Waals surface area contributed by atoms with Gasteiger partial charge < -0.3 is 4.74 Å². The summed E-state index contributed by atoms with van der Waals surface area (Å²) in [4.78, 5) is 16.8. The molecule has 0 spiro atoms. The summed E-state index contributed by atoms with van der Waals surface area (Å²) in [5, 5.41) is 4.03. The Morgan fingerprint density at radius 3 is 2.79 bits per heavy atom. The molecule has 0 aliphatic heterocycles. The quantitative estimate of drug-likeness (QED) is 0.714. The number of halogens is 1. The van der Waals surface area contributed by atoms with Gasteiger partial charge in [-0.05, 0) is 62.2 Å². The lowest BCUT2D eigenvalue weighted by atomic mass is 10.2. The largest absolute Gasteiger partial charge is 0.481 e. The van der Waals surface area contributed by atoms with Crippen LogP contribution in [0.25, 0.3) is 10.2 Å². The van der Waals surface area contributed by atoms with Crippen LogP contribution in [0.4, 0.5) is 5.13 Å². The van der Waals surface area contributed by atoms with Gasteiger partial charge in [0, 0.05) is 5.02 Å². The van der Waals surface area contributed by atoms with E-state index in [1.807, 2.05) is 26.0 Å². The molecule has 0 fully saturated rings. The predicted octanol–water partition coefficient (Wildman–Crippen LogP) is 4.97. The van der Waals surface area contributed by atoms with Gasteiger partial charge in [-0.3, -0.25) is 10.1 Å². The van der Waals surface area contributed by atoms with Crippen molar-refractivity contribution in [2.75, 3.05) is 5.32 Å². The van der Waals surface area contributed by atoms with E-state index in [0.29, 0.717) is 15.9 Å². The summed E-state index contributed by atoms with van der Waals surface area (Å²) >= 11 is 7.38. The number of rotatable bonds is 4. The van der Waals surface area contributed by atoms with Crippen molar-refractivity contribution in [1.82, 2.24) is 4.98 Å². The van der Waals surface area contributed by atoms with Crippen LogP contribution in [0.15, 0.2) is 36.4 Å². The number of amides is 1. The first-order chi connectivity index (χ1) is 11.4. The van der Waals surface area contributed by atoms with E-state index in [9.17, 15) is 4.79 Å². The number of hydrogen-bond donors (Lipinski definition) is 1. The highest BCUT2D eigenvalue weighted by atomic mass is 35.5. The molecule has 0 bridgehead atoms. The molecule has 2 aromatic carbocycles. The highest BCUT2D eigenvalue weighted by Gasteiger charge is 2.17. The zero-order valence-electron chi connectivity index (χ0n) is 13.6. The van der Waals surface area contributed by atoms with Crippen LogP contribution < -0.4 is 10.1 Å². The van der Waals surface area contributed by atoms with Crippen molar-refractivity contribution in [3.8, 4) is 5.75 Å². The summed E-state index contributed by atoms with van der Waals surface area (Å²) in [7, 11) is 0. The number of aryl methyl sites for hydroxylation is 2. The van der Waals surface area contributed by atoms with Crippen LogP contribution in [0.1, 0.15) is 18.1 Å². The normalized spacial score (nSPS) is 12.2. The van der Waals surface area contributed by atoms with Crippen molar-refractivity contribution < 1.29 is 9.53 Å². The second-order valence-corrected chi connectivity index (χ2v) is 7.12. The summed E-state index contributed by atoms with van der Waals surface area (Å²) in [5.74, 6) is 0.405. The lowest BCUT2D eigenvalue weighted by molar-refractivity contribution is -0.122. The molecular formula is C18H17ClN2O2S. The Morgan fingerprint density at radius 2 is 2.04 bits per heavy atom. The number of ether oxygens (including phenoxy) is 1. The number of carbonyl (C=O) groups excluding carboxylic acids is 1. The standard InChI is InChI=1S/C18H17ClN2O2S/c1-10-4-6-14-16(8-10)24-18(20-14)21-17(22)12(3)23-15-7-5-13(19)9-11(15)2/h4-9,12H,1-3H3,(H,20,21,22). The Balaban J connectivity index is 1.70. The predicted molar refractivity (Wildman–Crippen MR) is 99.3 cm³/mol. The molecule has 3 aromatic rings. The number of anilines is 1. The Hall–Kier alpha value is -2.11. The lowest BCUT2D eigenvalue weighted by Crippen LogP contribution is -2.30. The molecule has 0 aliphatic carbocycles. The van der Waals surface area contributed by atoms with Crippen LogP contribution in [0.3, 0.4) is 0 Å². The number of fused-ring (bicyclic) bond motifs is 1. The Kier molecular flexibility index (Phi) is 4.73. The van der Waals surface area contributed by atoms with E-state index >= 15 is 0 Å². The topological polar surface area (TPSA) is 51.2 Å². The van der Waals surface area contributed by atoms with Crippen LogP contribution in [0.5, 0.6) is 5.75 Å². The molecular weight excluding hydrogens is 344 g/mol. The van der Waals surface area contributed by atoms with E-state index in [4.69, 9.17) is 16.3 Å². The molecule has 4 nitrogen and oxygen atoms in total. The summed E-state index contributed by atoms with van der Waals surface area (Å²) < 4.78 is 6.78. The molecule has 124 valence electrons. The molecule has 0 saturated carbocycles. The Bertz CT molecular complexity index is 907. The third-order valence-electron chi connectivity index (χ3n) is 3.58. The maximum Gasteiger partial charge on any atom is 0.266 e. The van der Waals surface area contributed by atoms with Crippen LogP contribution in [0.2, 0.25) is 5.02 Å². The van der Waals surface area contributed by atoms with Gasteiger partial charge >= 0.3 is 0 Å². The van der Waals surface area contributed by atoms with E-state index in [1.54, 1.807) is 25.1 Å². The second-order valence-electron chi connectivity index (χ2n) is 5.65. The van der Waals surface area contributed by atoms with Crippen LogP contribution in [-0.4, -0.2) is 17.0 Å². The maximum atomic E-state index is 12.3. The number of nitrogens with zero attached hydrogens (tertiary/aromatic N) is 1. The highest BCUT2D eigenvalue weighted by Crippen LogP contribution is 2.27. The first-order valence-corrected chi connectivity index (χ1v) is 8.72. The van der Waals surface area contributed by atoms with Gasteiger partial charge in [0.1, 0.15) is 5.75 Å². The smallest absolute Gasteiger partial charge is 0.266 e. The molecule has 0 saturated heterocycles. The minimum absolute atomic E-state index is 0.236. The molecule has 1 atom stereocenters. The van der Waals surface area contributed by atoms with Gasteiger partial charge in [-0.15, -0.1) is 0 Å². The molecule has 1 N–H and O–H groups in total. The van der Waals surface area contributed by atoms with Gasteiger partial charge in [-0.25, -0.2) is 4.98 Å². The number of aromatic nitrogens is 1. The maximum absolute atomic E-state index is 12.3. The van der Waals surface area contributed by atoms with E-state index in [-0.39, 0.29) is 5.91 Å². The Morgan fingerprint density at radius 1 is 1.25 bits per heavy atom. The zero-order valence-corrected chi connectivity index (χ0v) is 15.2. The summed E-state index contributed by atoms with van der Waals surface area (Å²) in [6.07, 6.45) is -0.640. The van der Waals surface area contributed by atoms with E-state index < -0.39 is 6.10 Å². The fourth-order valence-corrected chi connectivity index (χ4v) is 3.47. The molecule has 0 aliphatic rings. The van der Waals surface area contributed by atoms with Gasteiger partial charge in [0.05, 0.1) is 10.2 Å². The van der Waals surface area contributed by atoms with Gasteiger partial charge in [0.2, 0.25) is 0 Å². The SMILES string of the molecule is Cc1ccc2nc(NC(=O)C(C)Oc3ccc(Cl)cc3C)sc2c1. The van der Waals surface area contributed by atoms with E-state index in [1.165, 1.54) is 16.9 Å². The van der Waals surface area contributed by atoms with Gasteiger partial charge in [0.25, 0.3) is 5.91 Å². The van der Waals surface area contributed by atoms with Crippen LogP contribution in [0, 0.1) is 13.8 Å². The Labute approximate surface area is 149 Å². The highest BCUT2D eigenvalue weighted by molar-refractivity contribution is 7.22. The molecule has 6 heteroatoms. The van der Waals surface area contributed by atoms with Gasteiger partial charge in [-0.1, -0.05) is 29.0 Å². The minimum Gasteiger partial charge on any atom is -0.481 e. The van der Waals surface area contributed by atoms with Crippen LogP contribution >= 0.6 is 22.9 Å². The number of hydrogen-bond acceptors (Lipinski definition) is 4. The number of nitrogens with one attached hydrogen (secondary N) is 1. The van der Waals surface area contributed by atoms with Gasteiger partial charge in [-0.2, -0.15) is 0 Å². The van der Waals surface area contributed by atoms with Crippen molar-refractivity contribution in [3.05, 3.63) is 52.5 Å². The second kappa shape index (κ2) is 6.79. The molecule has 24 heavy (non-hydrogen) atoms. The molecule has 0 radical (unpaired) electrons. The number of carbonyl (C=O) groups is 1. The molecule has 3 rings (SSSR count). The average molecular weight is 361 g/mol. The molecule has 1 unspecified atom stereocenters. The van der Waals surface area contributed by atoms with Crippen molar-refractivity contribution in [2.24, 2.45) is 0 Å². The average Bonchev–Trinajstić information content (AvgIpc) is 2.91. The van der Waals surface area contributed by atoms with Crippen molar-refractivity contribution in [3.63, 3.8) is 0 Å². The summed E-state index contributed by atoms with van der Waals surface area (Å²) in [6, 6.07) is 11.3. The van der Waals surface area contributed by atoms with E-state index in [2.05, 4.69) is 16.4 Å². The fourth-order valence-electron chi connectivity index (χ4n) is 2.28. The van der Waals surface area contributed by atoms with Crippen LogP contribution in [-0.2, 0) is 4.79 Å². The molecule has 1 heterocycles. The van der Waals surface area contributed by atoms with E-state index in [0.717, 1.165) is 15.8 Å². The zero-order chi connectivity index (χ0) is 17.3. The monoisotopic (exact) mass is 360 g/mol. The third kappa shape index (κ3) is 3.68. The summed E-state index contributed by atoms with van der Waals surface area (Å²) in [6.45, 7) is 5.63. The summed E-state index contributed by atoms with van der Waals surface area (Å²) in [5.41, 5.74) is 2.93. The van der Waals surface area contributed by atoms with Gasteiger partial charge in [0.15, 0.2) is 11.2 Å². The number of thiazole rings is 1. The fraction of sp³-hybridized carbons (Fsp3) is 0.222. The van der Waals surface area contributed by atoms with Crippen molar-refractivity contribution in [1.29, 1.82) is 0 Å². The first kappa shape index (κ1) is 16.7. The molecule has 1 amide bonds. The minimum atomic E-state index is -0.640. The first-order valence-electron chi connectivity index (χ1n) is 7.53. The lowest BCUT2D eigenvalue weighted by Gasteiger charge is -2.15. The third-order valence-corrected chi connectivity index (χ3v) is 4.75. The van der Waals surface area contributed by atoms with Crippen molar-refractivity contribution in [2.45, 2.75) is 26.9 Å².